The van der Waals surface area contributed by atoms with Gasteiger partial charge in [0.05, 0.1) is 0 Å². The highest BCUT2D eigenvalue weighted by molar-refractivity contribution is 7.89. The Bertz CT molecular complexity index is 765. The monoisotopic (exact) mass is 351 g/mol. The third kappa shape index (κ3) is 3.13. The summed E-state index contributed by atoms with van der Waals surface area (Å²) in [6.07, 6.45) is 2.50. The lowest BCUT2D eigenvalue weighted by atomic mass is 10.1. The van der Waals surface area contributed by atoms with E-state index in [2.05, 4.69) is 21.3 Å². The van der Waals surface area contributed by atoms with Gasteiger partial charge in [0.1, 0.15) is 10.7 Å². The quantitative estimate of drug-likeness (QED) is 0.831. The number of rotatable bonds is 5. The van der Waals surface area contributed by atoms with Crippen LogP contribution in [-0.4, -0.2) is 37.3 Å². The fourth-order valence-corrected chi connectivity index (χ4v) is 5.16. The molecule has 0 bridgehead atoms. The van der Waals surface area contributed by atoms with Crippen molar-refractivity contribution in [1.29, 1.82) is 0 Å². The summed E-state index contributed by atoms with van der Waals surface area (Å²) in [5.41, 5.74) is 1.35. The van der Waals surface area contributed by atoms with E-state index >= 15 is 0 Å². The minimum Gasteiger partial charge on any atom is -0.352 e. The smallest absolute Gasteiger partial charge is 0.244 e. The maximum absolute atomic E-state index is 12.5. The summed E-state index contributed by atoms with van der Waals surface area (Å²) in [7, 11) is -3.43. The Labute approximate surface area is 141 Å². The van der Waals surface area contributed by atoms with Crippen LogP contribution in [0.4, 0.5) is 5.82 Å². The molecule has 0 radical (unpaired) electrons. The molecule has 0 N–H and O–H groups in total. The van der Waals surface area contributed by atoms with Crippen LogP contribution in [0, 0.1) is 0 Å². The molecule has 0 saturated carbocycles. The Morgan fingerprint density at radius 3 is 2.70 bits per heavy atom. The van der Waals surface area contributed by atoms with Gasteiger partial charge in [-0.05, 0) is 35.6 Å². The maximum Gasteiger partial charge on any atom is 0.244 e. The van der Waals surface area contributed by atoms with Crippen LogP contribution < -0.4 is 4.90 Å². The lowest BCUT2D eigenvalue weighted by Crippen LogP contribution is -2.31. The zero-order chi connectivity index (χ0) is 16.4. The van der Waals surface area contributed by atoms with Crippen LogP contribution in [-0.2, 0) is 23.0 Å². The Morgan fingerprint density at radius 1 is 1.26 bits per heavy atom. The van der Waals surface area contributed by atoms with Gasteiger partial charge >= 0.3 is 0 Å². The average Bonchev–Trinajstić information content (AvgIpc) is 3.03. The van der Waals surface area contributed by atoms with Gasteiger partial charge < -0.3 is 4.90 Å². The van der Waals surface area contributed by atoms with Crippen molar-refractivity contribution < 1.29 is 8.42 Å². The molecule has 0 unspecified atom stereocenters. The fraction of sp³-hybridized carbons (Fsp3) is 0.438. The van der Waals surface area contributed by atoms with Gasteiger partial charge in [-0.3, -0.25) is 0 Å². The van der Waals surface area contributed by atoms with Crippen molar-refractivity contribution in [1.82, 2.24) is 9.29 Å². The van der Waals surface area contributed by atoms with Gasteiger partial charge in [0.25, 0.3) is 0 Å². The molecule has 0 atom stereocenters. The number of nitrogens with zero attached hydrogens (tertiary/aromatic N) is 3. The number of sulfonamides is 1. The molecule has 0 fully saturated rings. The highest BCUT2D eigenvalue weighted by Gasteiger charge is 2.23. The van der Waals surface area contributed by atoms with Crippen molar-refractivity contribution in [3.8, 4) is 0 Å². The summed E-state index contributed by atoms with van der Waals surface area (Å²) in [6, 6.07) is 5.64. The second kappa shape index (κ2) is 6.59. The van der Waals surface area contributed by atoms with E-state index in [1.165, 1.54) is 20.9 Å². The van der Waals surface area contributed by atoms with Crippen molar-refractivity contribution >= 4 is 27.2 Å². The van der Waals surface area contributed by atoms with Crippen molar-refractivity contribution in [3.63, 3.8) is 0 Å². The molecule has 0 saturated heterocycles. The summed E-state index contributed by atoms with van der Waals surface area (Å²) in [5.74, 6) is 0.834. The molecule has 5 nitrogen and oxygen atoms in total. The molecule has 2 aromatic rings. The number of pyridine rings is 1. The van der Waals surface area contributed by atoms with Crippen LogP contribution in [0.1, 0.15) is 24.3 Å². The van der Waals surface area contributed by atoms with Crippen molar-refractivity contribution in [3.05, 3.63) is 40.2 Å². The average molecular weight is 351 g/mol. The predicted molar refractivity (Wildman–Crippen MR) is 93.4 cm³/mol. The second-order valence-electron chi connectivity index (χ2n) is 5.48. The lowest BCUT2D eigenvalue weighted by molar-refractivity contribution is 0.445. The van der Waals surface area contributed by atoms with Crippen LogP contribution in [0.15, 0.2) is 34.7 Å². The molecule has 2 aromatic heterocycles. The van der Waals surface area contributed by atoms with E-state index in [0.717, 1.165) is 25.3 Å². The number of hydrogen-bond acceptors (Lipinski definition) is 5. The number of hydrogen-bond donors (Lipinski definition) is 0. The number of anilines is 1. The fourth-order valence-electron chi connectivity index (χ4n) is 2.87. The van der Waals surface area contributed by atoms with Gasteiger partial charge in [-0.15, -0.1) is 11.3 Å². The van der Waals surface area contributed by atoms with E-state index in [1.54, 1.807) is 17.4 Å². The molecule has 1 aliphatic heterocycles. The first-order chi connectivity index (χ1) is 11.1. The van der Waals surface area contributed by atoms with Crippen LogP contribution >= 0.6 is 11.3 Å². The highest BCUT2D eigenvalue weighted by atomic mass is 32.2. The van der Waals surface area contributed by atoms with E-state index in [0.29, 0.717) is 13.1 Å². The minimum atomic E-state index is -3.43. The van der Waals surface area contributed by atoms with E-state index in [1.807, 2.05) is 19.9 Å². The maximum atomic E-state index is 12.5. The molecule has 0 aromatic carbocycles. The zero-order valence-corrected chi connectivity index (χ0v) is 15.0. The Morgan fingerprint density at radius 2 is 2.04 bits per heavy atom. The summed E-state index contributed by atoms with van der Waals surface area (Å²) in [5, 5.41) is 2.13. The summed E-state index contributed by atoms with van der Waals surface area (Å²) in [4.78, 5) is 8.31. The summed E-state index contributed by atoms with van der Waals surface area (Å²) in [6.45, 7) is 6.38. The summed E-state index contributed by atoms with van der Waals surface area (Å²) >= 11 is 1.80. The second-order valence-corrected chi connectivity index (χ2v) is 8.42. The number of aromatic nitrogens is 1. The zero-order valence-electron chi connectivity index (χ0n) is 13.4. The van der Waals surface area contributed by atoms with Crippen LogP contribution in [0.25, 0.3) is 0 Å². The Hall–Kier alpha value is -1.44. The van der Waals surface area contributed by atoms with Gasteiger partial charge in [-0.1, -0.05) is 13.8 Å². The molecule has 7 heteroatoms. The van der Waals surface area contributed by atoms with Gasteiger partial charge in [0.15, 0.2) is 0 Å². The van der Waals surface area contributed by atoms with Crippen molar-refractivity contribution in [2.24, 2.45) is 0 Å². The van der Waals surface area contributed by atoms with Gasteiger partial charge in [-0.2, -0.15) is 4.31 Å². The SMILES string of the molecule is CCN(CC)S(=O)(=O)c1ccc(N2CCc3sccc3C2)nc1. The van der Waals surface area contributed by atoms with Crippen molar-refractivity contribution in [2.75, 3.05) is 24.5 Å². The third-order valence-electron chi connectivity index (χ3n) is 4.20. The lowest BCUT2D eigenvalue weighted by Gasteiger charge is -2.28. The predicted octanol–water partition coefficient (Wildman–Crippen LogP) is 2.74. The van der Waals surface area contributed by atoms with Crippen molar-refractivity contribution in [2.45, 2.75) is 31.7 Å². The molecule has 0 spiro atoms. The normalized spacial score (nSPS) is 15.0. The first kappa shape index (κ1) is 16.4. The Kier molecular flexibility index (Phi) is 4.70. The molecule has 23 heavy (non-hydrogen) atoms. The molecule has 0 amide bonds. The standard InChI is InChI=1S/C16H21N3O2S2/c1-3-19(4-2)23(20,21)14-5-6-16(17-11-14)18-9-7-15-13(12-18)8-10-22-15/h5-6,8,10-11H,3-4,7,9,12H2,1-2H3. The molecule has 0 aliphatic carbocycles. The van der Waals surface area contributed by atoms with Gasteiger partial charge in [0.2, 0.25) is 10.0 Å². The third-order valence-corrected chi connectivity index (χ3v) is 7.25. The van der Waals surface area contributed by atoms with E-state index in [9.17, 15) is 8.42 Å². The van der Waals surface area contributed by atoms with Gasteiger partial charge in [-0.25, -0.2) is 13.4 Å². The van der Waals surface area contributed by atoms with Gasteiger partial charge in [0, 0.05) is 37.3 Å². The van der Waals surface area contributed by atoms with E-state index in [4.69, 9.17) is 0 Å². The largest absolute Gasteiger partial charge is 0.352 e. The highest BCUT2D eigenvalue weighted by Crippen LogP contribution is 2.27. The van der Waals surface area contributed by atoms with E-state index in [-0.39, 0.29) is 4.90 Å². The number of thiophene rings is 1. The molecule has 3 heterocycles. The molecule has 124 valence electrons. The molecular weight excluding hydrogens is 330 g/mol. The minimum absolute atomic E-state index is 0.262. The Balaban J connectivity index is 1.81. The summed E-state index contributed by atoms with van der Waals surface area (Å²) < 4.78 is 26.4. The first-order valence-electron chi connectivity index (χ1n) is 7.82. The van der Waals surface area contributed by atoms with Crippen LogP contribution in [0.3, 0.4) is 0 Å². The van der Waals surface area contributed by atoms with E-state index < -0.39 is 10.0 Å². The molecule has 1 aliphatic rings. The molecule has 3 rings (SSSR count). The number of fused-ring (bicyclic) bond motifs is 1. The van der Waals surface area contributed by atoms with Crippen LogP contribution in [0.5, 0.6) is 0 Å². The molecular formula is C16H21N3O2S2. The topological polar surface area (TPSA) is 53.5 Å². The van der Waals surface area contributed by atoms with Crippen LogP contribution in [0.2, 0.25) is 0 Å². The first-order valence-corrected chi connectivity index (χ1v) is 10.1.